The molecule has 1 fully saturated rings. The number of ether oxygens (including phenoxy) is 2. The summed E-state index contributed by atoms with van der Waals surface area (Å²) in [6.07, 6.45) is 5.34. The summed E-state index contributed by atoms with van der Waals surface area (Å²) >= 11 is 1.72. The summed E-state index contributed by atoms with van der Waals surface area (Å²) in [6.45, 7) is 0. The van der Waals surface area contributed by atoms with E-state index >= 15 is 0 Å². The van der Waals surface area contributed by atoms with Crippen LogP contribution in [-0.2, 0) is 0 Å². The summed E-state index contributed by atoms with van der Waals surface area (Å²) in [5.74, 6) is 2.03. The molecule has 0 unspecified atom stereocenters. The molecule has 0 bridgehead atoms. The van der Waals surface area contributed by atoms with E-state index in [1.807, 2.05) is 30.5 Å². The van der Waals surface area contributed by atoms with Crippen LogP contribution in [0.2, 0.25) is 0 Å². The first-order chi connectivity index (χ1) is 12.7. The Morgan fingerprint density at radius 3 is 2.81 bits per heavy atom. The van der Waals surface area contributed by atoms with Gasteiger partial charge >= 0.3 is 0 Å². The zero-order valence-electron chi connectivity index (χ0n) is 14.5. The maximum Gasteiger partial charge on any atom is 0.182 e. The maximum atomic E-state index is 13.1. The monoisotopic (exact) mass is 369 g/mol. The SMILES string of the molecule is COc1cc2[nH]cc(C(=O)[C@@H]3CS[C@@H](c4cccnc4)N3)c2cc1OC. The van der Waals surface area contributed by atoms with Gasteiger partial charge in [-0.15, -0.1) is 11.8 Å². The third-order valence-corrected chi connectivity index (χ3v) is 5.80. The van der Waals surface area contributed by atoms with Gasteiger partial charge in [-0.3, -0.25) is 15.1 Å². The number of benzene rings is 1. The molecule has 1 aliphatic heterocycles. The number of hydrogen-bond donors (Lipinski definition) is 2. The number of methoxy groups -OCH3 is 2. The van der Waals surface area contributed by atoms with Gasteiger partial charge < -0.3 is 14.5 Å². The summed E-state index contributed by atoms with van der Waals surface area (Å²) in [6, 6.07) is 7.38. The van der Waals surface area contributed by atoms with Crippen LogP contribution in [0, 0.1) is 0 Å². The van der Waals surface area contributed by atoms with Gasteiger partial charge in [0, 0.05) is 41.4 Å². The van der Waals surface area contributed by atoms with Crippen LogP contribution in [0.25, 0.3) is 10.9 Å². The number of fused-ring (bicyclic) bond motifs is 1. The molecule has 134 valence electrons. The van der Waals surface area contributed by atoms with E-state index in [2.05, 4.69) is 15.3 Å². The van der Waals surface area contributed by atoms with Crippen molar-refractivity contribution in [3.63, 3.8) is 0 Å². The van der Waals surface area contributed by atoms with Crippen LogP contribution in [0.4, 0.5) is 0 Å². The molecule has 2 atom stereocenters. The molecule has 0 aliphatic carbocycles. The first-order valence-electron chi connectivity index (χ1n) is 8.26. The third-order valence-electron chi connectivity index (χ3n) is 4.54. The number of pyridine rings is 1. The molecule has 1 saturated heterocycles. The van der Waals surface area contributed by atoms with E-state index in [0.717, 1.165) is 22.2 Å². The van der Waals surface area contributed by atoms with Crippen molar-refractivity contribution in [2.45, 2.75) is 11.4 Å². The maximum absolute atomic E-state index is 13.1. The average Bonchev–Trinajstić information content (AvgIpc) is 3.34. The van der Waals surface area contributed by atoms with Crippen molar-refractivity contribution in [1.82, 2.24) is 15.3 Å². The highest BCUT2D eigenvalue weighted by Gasteiger charge is 2.32. The van der Waals surface area contributed by atoms with Crippen molar-refractivity contribution in [1.29, 1.82) is 0 Å². The Morgan fingerprint density at radius 2 is 2.08 bits per heavy atom. The van der Waals surface area contributed by atoms with Crippen LogP contribution >= 0.6 is 11.8 Å². The van der Waals surface area contributed by atoms with E-state index in [4.69, 9.17) is 9.47 Å². The molecule has 2 aromatic heterocycles. The van der Waals surface area contributed by atoms with Crippen molar-refractivity contribution in [2.75, 3.05) is 20.0 Å². The lowest BCUT2D eigenvalue weighted by Gasteiger charge is -2.12. The fourth-order valence-electron chi connectivity index (χ4n) is 3.19. The Balaban J connectivity index is 1.61. The fraction of sp³-hybridized carbons (Fsp3) is 0.263. The van der Waals surface area contributed by atoms with Gasteiger partial charge in [-0.2, -0.15) is 0 Å². The first-order valence-corrected chi connectivity index (χ1v) is 9.31. The van der Waals surface area contributed by atoms with E-state index in [1.165, 1.54) is 0 Å². The van der Waals surface area contributed by atoms with E-state index in [1.54, 1.807) is 38.4 Å². The standard InChI is InChI=1S/C19H19N3O3S/c1-24-16-6-12-13(9-21-14(12)7-17(16)25-2)18(23)15-10-26-19(22-15)11-4-3-5-20-8-11/h3-9,15,19,21-22H,10H2,1-2H3/t15-,19-/m0/s1. The lowest BCUT2D eigenvalue weighted by molar-refractivity contribution is 0.0957. The summed E-state index contributed by atoms with van der Waals surface area (Å²) in [4.78, 5) is 20.4. The number of carbonyl (C=O) groups excluding carboxylic acids is 1. The predicted octanol–water partition coefficient (Wildman–Crippen LogP) is 3.17. The Kier molecular flexibility index (Phi) is 4.57. The molecule has 1 aromatic carbocycles. The molecule has 4 rings (SSSR count). The highest BCUT2D eigenvalue weighted by atomic mass is 32.2. The molecule has 7 heteroatoms. The van der Waals surface area contributed by atoms with Crippen LogP contribution in [-0.4, -0.2) is 41.8 Å². The van der Waals surface area contributed by atoms with Gasteiger partial charge in [0.05, 0.1) is 31.2 Å². The lowest BCUT2D eigenvalue weighted by atomic mass is 10.0. The molecule has 1 aliphatic rings. The van der Waals surface area contributed by atoms with Crippen molar-refractivity contribution < 1.29 is 14.3 Å². The van der Waals surface area contributed by atoms with Gasteiger partial charge in [0.1, 0.15) is 0 Å². The molecule has 0 amide bonds. The van der Waals surface area contributed by atoms with E-state index in [0.29, 0.717) is 17.1 Å². The van der Waals surface area contributed by atoms with E-state index < -0.39 is 0 Å². The number of aromatic amines is 1. The molecular weight excluding hydrogens is 350 g/mol. The van der Waals surface area contributed by atoms with Gasteiger partial charge in [-0.05, 0) is 17.7 Å². The Bertz CT molecular complexity index is 942. The first kappa shape index (κ1) is 16.9. The van der Waals surface area contributed by atoms with Crippen LogP contribution in [0.15, 0.2) is 42.9 Å². The molecule has 3 heterocycles. The number of nitrogens with one attached hydrogen (secondary N) is 2. The van der Waals surface area contributed by atoms with Crippen molar-refractivity contribution in [3.8, 4) is 11.5 Å². The van der Waals surface area contributed by atoms with Gasteiger partial charge in [-0.1, -0.05) is 6.07 Å². The summed E-state index contributed by atoms with van der Waals surface area (Å²) < 4.78 is 10.7. The molecule has 0 spiro atoms. The number of hydrogen-bond acceptors (Lipinski definition) is 6. The number of carbonyl (C=O) groups is 1. The van der Waals surface area contributed by atoms with Gasteiger partial charge in [0.15, 0.2) is 17.3 Å². The number of rotatable bonds is 5. The number of thioether (sulfide) groups is 1. The number of Topliss-reactive ketones (excluding diaryl/α,β-unsaturated/α-hetero) is 1. The second kappa shape index (κ2) is 7.01. The normalized spacial score (nSPS) is 19.6. The van der Waals surface area contributed by atoms with Gasteiger partial charge in [0.2, 0.25) is 0 Å². The van der Waals surface area contributed by atoms with Crippen molar-refractivity contribution in [3.05, 3.63) is 54.0 Å². The second-order valence-corrected chi connectivity index (χ2v) is 7.18. The Morgan fingerprint density at radius 1 is 1.27 bits per heavy atom. The highest BCUT2D eigenvalue weighted by molar-refractivity contribution is 7.99. The smallest absolute Gasteiger partial charge is 0.182 e. The highest BCUT2D eigenvalue weighted by Crippen LogP contribution is 2.36. The minimum absolute atomic E-state index is 0.0716. The van der Waals surface area contributed by atoms with Crippen molar-refractivity contribution in [2.24, 2.45) is 0 Å². The number of ketones is 1. The van der Waals surface area contributed by atoms with Gasteiger partial charge in [0.25, 0.3) is 0 Å². The molecule has 2 N–H and O–H groups in total. The Hall–Kier alpha value is -2.51. The molecular formula is C19H19N3O3S. The summed E-state index contributed by atoms with van der Waals surface area (Å²) in [7, 11) is 3.18. The minimum Gasteiger partial charge on any atom is -0.493 e. The van der Waals surface area contributed by atoms with Crippen LogP contribution in [0.1, 0.15) is 21.3 Å². The fourth-order valence-corrected chi connectivity index (χ4v) is 4.41. The molecule has 0 radical (unpaired) electrons. The second-order valence-electron chi connectivity index (χ2n) is 6.04. The summed E-state index contributed by atoms with van der Waals surface area (Å²) in [5, 5.41) is 4.33. The average molecular weight is 369 g/mol. The largest absolute Gasteiger partial charge is 0.493 e. The summed E-state index contributed by atoms with van der Waals surface area (Å²) in [5.41, 5.74) is 2.59. The minimum atomic E-state index is -0.239. The Labute approximate surface area is 155 Å². The molecule has 26 heavy (non-hydrogen) atoms. The topological polar surface area (TPSA) is 76.2 Å². The van der Waals surface area contributed by atoms with E-state index in [9.17, 15) is 4.79 Å². The molecule has 0 saturated carbocycles. The molecule has 6 nitrogen and oxygen atoms in total. The number of aromatic nitrogens is 2. The third kappa shape index (κ3) is 2.93. The lowest BCUT2D eigenvalue weighted by Crippen LogP contribution is -2.34. The number of H-pyrrole nitrogens is 1. The molecule has 3 aromatic rings. The predicted molar refractivity (Wildman–Crippen MR) is 102 cm³/mol. The van der Waals surface area contributed by atoms with Crippen molar-refractivity contribution >= 4 is 28.4 Å². The quantitative estimate of drug-likeness (QED) is 0.673. The van der Waals surface area contributed by atoms with Crippen LogP contribution < -0.4 is 14.8 Å². The number of nitrogens with zero attached hydrogens (tertiary/aromatic N) is 1. The zero-order valence-corrected chi connectivity index (χ0v) is 15.3. The van der Waals surface area contributed by atoms with Crippen LogP contribution in [0.3, 0.4) is 0 Å². The van der Waals surface area contributed by atoms with E-state index in [-0.39, 0.29) is 17.2 Å². The van der Waals surface area contributed by atoms with Gasteiger partial charge in [-0.25, -0.2) is 0 Å². The van der Waals surface area contributed by atoms with Crippen LogP contribution in [0.5, 0.6) is 11.5 Å². The zero-order chi connectivity index (χ0) is 18.1.